The quantitative estimate of drug-likeness (QED) is 0.601. The van der Waals surface area contributed by atoms with Gasteiger partial charge in [0.2, 0.25) is 0 Å². The zero-order valence-corrected chi connectivity index (χ0v) is 15.8. The third kappa shape index (κ3) is 3.56. The molecule has 0 radical (unpaired) electrons. The van der Waals surface area contributed by atoms with Crippen LogP contribution in [0, 0.1) is 6.92 Å². The van der Waals surface area contributed by atoms with Crippen molar-refractivity contribution in [2.24, 2.45) is 0 Å². The Hall–Kier alpha value is -1.22. The maximum atomic E-state index is 5.83. The lowest BCUT2D eigenvalue weighted by Crippen LogP contribution is -2.16. The van der Waals surface area contributed by atoms with Gasteiger partial charge in [-0.15, -0.1) is 32.9 Å². The molecule has 1 saturated heterocycles. The van der Waals surface area contributed by atoms with Gasteiger partial charge in [-0.1, -0.05) is 17.8 Å². The van der Waals surface area contributed by atoms with Gasteiger partial charge in [0.15, 0.2) is 11.0 Å². The van der Waals surface area contributed by atoms with Gasteiger partial charge in [-0.2, -0.15) is 0 Å². The fraction of sp³-hybridized carbons (Fsp3) is 0.438. The molecule has 8 heteroatoms. The highest BCUT2D eigenvalue weighted by Gasteiger charge is 2.22. The number of hydrogen-bond acceptors (Lipinski definition) is 7. The Balaban J connectivity index is 1.57. The minimum Gasteiger partial charge on any atom is -0.376 e. The second kappa shape index (κ2) is 7.35. The zero-order chi connectivity index (χ0) is 16.4. The van der Waals surface area contributed by atoms with E-state index in [-0.39, 0.29) is 6.10 Å². The molecule has 4 heterocycles. The Morgan fingerprint density at radius 1 is 1.38 bits per heavy atom. The summed E-state index contributed by atoms with van der Waals surface area (Å²) >= 11 is 5.08. The van der Waals surface area contributed by atoms with Crippen LogP contribution in [0.15, 0.2) is 28.0 Å². The number of aryl methyl sites for hydroxylation is 1. The summed E-state index contributed by atoms with van der Waals surface area (Å²) in [5.41, 5.74) is 1.10. The number of nitrogens with zero attached hydrogens (tertiary/aromatic N) is 4. The molecule has 0 saturated carbocycles. The first-order chi connectivity index (χ1) is 11.8. The van der Waals surface area contributed by atoms with Crippen LogP contribution in [-0.4, -0.2) is 32.5 Å². The molecule has 4 rings (SSSR count). The summed E-state index contributed by atoms with van der Waals surface area (Å²) < 4.78 is 8.04. The molecule has 0 aliphatic carbocycles. The van der Waals surface area contributed by atoms with Crippen molar-refractivity contribution in [1.29, 1.82) is 0 Å². The van der Waals surface area contributed by atoms with E-state index in [9.17, 15) is 0 Å². The van der Waals surface area contributed by atoms with Crippen LogP contribution >= 0.6 is 34.4 Å². The van der Waals surface area contributed by atoms with E-state index in [0.717, 1.165) is 58.3 Å². The van der Waals surface area contributed by atoms with Gasteiger partial charge in [0.25, 0.3) is 0 Å². The predicted molar refractivity (Wildman–Crippen MR) is 98.7 cm³/mol. The topological polar surface area (TPSA) is 52.8 Å². The number of thiazole rings is 1. The number of thioether (sulfide) groups is 1. The highest BCUT2D eigenvalue weighted by Crippen LogP contribution is 2.30. The highest BCUT2D eigenvalue weighted by molar-refractivity contribution is 7.98. The van der Waals surface area contributed by atoms with Crippen LogP contribution < -0.4 is 0 Å². The van der Waals surface area contributed by atoms with Crippen LogP contribution in [0.5, 0.6) is 0 Å². The summed E-state index contributed by atoms with van der Waals surface area (Å²) in [4.78, 5) is 5.68. The maximum absolute atomic E-state index is 5.83. The molecule has 5 nitrogen and oxygen atoms in total. The Morgan fingerprint density at radius 3 is 3.04 bits per heavy atom. The van der Waals surface area contributed by atoms with E-state index in [4.69, 9.17) is 4.74 Å². The Kier molecular flexibility index (Phi) is 4.98. The van der Waals surface area contributed by atoms with Crippen LogP contribution in [-0.2, 0) is 17.0 Å². The first kappa shape index (κ1) is 16.3. The van der Waals surface area contributed by atoms with Crippen LogP contribution in [0.1, 0.15) is 23.5 Å². The molecule has 0 spiro atoms. The van der Waals surface area contributed by atoms with E-state index in [0.29, 0.717) is 0 Å². The number of thiophene rings is 1. The van der Waals surface area contributed by atoms with E-state index in [1.54, 1.807) is 34.4 Å². The number of ether oxygens (including phenoxy) is 1. The minimum absolute atomic E-state index is 0.264. The molecule has 3 aromatic heterocycles. The molecule has 3 aromatic rings. The number of rotatable bonds is 6. The van der Waals surface area contributed by atoms with Gasteiger partial charge >= 0.3 is 0 Å². The lowest BCUT2D eigenvalue weighted by molar-refractivity contribution is 0.0953. The molecule has 24 heavy (non-hydrogen) atoms. The third-order valence-corrected chi connectivity index (χ3v) is 6.57. The largest absolute Gasteiger partial charge is 0.376 e. The monoisotopic (exact) mass is 378 g/mol. The lowest BCUT2D eigenvalue weighted by Gasteiger charge is -2.14. The lowest BCUT2D eigenvalue weighted by atomic mass is 10.2. The summed E-state index contributed by atoms with van der Waals surface area (Å²) in [5.74, 6) is 1.76. The summed E-state index contributed by atoms with van der Waals surface area (Å²) in [5, 5.41) is 15.1. The van der Waals surface area contributed by atoms with Crippen LogP contribution in [0.3, 0.4) is 0 Å². The van der Waals surface area contributed by atoms with Gasteiger partial charge in [-0.05, 0) is 31.2 Å². The zero-order valence-electron chi connectivity index (χ0n) is 13.3. The summed E-state index contributed by atoms with van der Waals surface area (Å²) in [6.45, 7) is 3.72. The Morgan fingerprint density at radius 2 is 2.33 bits per heavy atom. The van der Waals surface area contributed by atoms with Crippen LogP contribution in [0.25, 0.3) is 10.7 Å². The van der Waals surface area contributed by atoms with Crippen molar-refractivity contribution in [1.82, 2.24) is 19.7 Å². The van der Waals surface area contributed by atoms with Crippen molar-refractivity contribution in [2.45, 2.75) is 43.3 Å². The summed E-state index contributed by atoms with van der Waals surface area (Å²) in [6, 6.07) is 4.15. The van der Waals surface area contributed by atoms with Gasteiger partial charge < -0.3 is 4.74 Å². The molecule has 0 unspecified atom stereocenters. The van der Waals surface area contributed by atoms with Gasteiger partial charge in [0, 0.05) is 17.7 Å². The second-order valence-corrected chi connectivity index (χ2v) is 8.63. The minimum atomic E-state index is 0.264. The Labute approximate surface area is 153 Å². The van der Waals surface area contributed by atoms with Gasteiger partial charge in [-0.25, -0.2) is 4.98 Å². The van der Waals surface area contributed by atoms with Crippen LogP contribution in [0.4, 0.5) is 0 Å². The molecule has 126 valence electrons. The van der Waals surface area contributed by atoms with Crippen molar-refractivity contribution in [3.05, 3.63) is 33.6 Å². The second-order valence-electron chi connectivity index (χ2n) is 5.68. The fourth-order valence-corrected chi connectivity index (χ4v) is 5.03. The molecule has 0 N–H and O–H groups in total. The molecule has 1 fully saturated rings. The maximum Gasteiger partial charge on any atom is 0.191 e. The summed E-state index contributed by atoms with van der Waals surface area (Å²) in [7, 11) is 0. The first-order valence-corrected chi connectivity index (χ1v) is 10.7. The van der Waals surface area contributed by atoms with Crippen molar-refractivity contribution in [2.75, 3.05) is 6.61 Å². The third-order valence-electron chi connectivity index (χ3n) is 3.88. The fourth-order valence-electron chi connectivity index (χ4n) is 2.75. The molecule has 0 bridgehead atoms. The van der Waals surface area contributed by atoms with Gasteiger partial charge in [0.1, 0.15) is 0 Å². The normalized spacial score (nSPS) is 17.6. The molecule has 1 atom stereocenters. The first-order valence-electron chi connectivity index (χ1n) is 7.92. The van der Waals surface area contributed by atoms with Gasteiger partial charge in [-0.3, -0.25) is 4.57 Å². The summed E-state index contributed by atoms with van der Waals surface area (Å²) in [6.07, 6.45) is 2.51. The molecule has 0 amide bonds. The van der Waals surface area contributed by atoms with Crippen molar-refractivity contribution in [3.8, 4) is 10.7 Å². The number of aromatic nitrogens is 4. The predicted octanol–water partition coefficient (Wildman–Crippen LogP) is 4.24. The van der Waals surface area contributed by atoms with Crippen LogP contribution in [0.2, 0.25) is 0 Å². The average molecular weight is 379 g/mol. The SMILES string of the molecule is Cc1nc(CSc2nnc(-c3cccs3)n2C[C@H]2CCCO2)cs1. The highest BCUT2D eigenvalue weighted by atomic mass is 32.2. The smallest absolute Gasteiger partial charge is 0.191 e. The van der Waals surface area contributed by atoms with E-state index in [1.807, 2.05) is 6.92 Å². The van der Waals surface area contributed by atoms with Gasteiger partial charge in [0.05, 0.1) is 28.2 Å². The van der Waals surface area contributed by atoms with E-state index in [2.05, 4.69) is 42.6 Å². The molecule has 1 aliphatic rings. The standard InChI is InChI=1S/C16H18N4OS3/c1-11-17-12(9-23-11)10-24-16-19-18-15(14-5-3-7-22-14)20(16)8-13-4-2-6-21-13/h3,5,7,9,13H,2,4,6,8,10H2,1H3/t13-/m1/s1. The van der Waals surface area contributed by atoms with Crippen molar-refractivity contribution < 1.29 is 4.74 Å². The molecule has 0 aromatic carbocycles. The van der Waals surface area contributed by atoms with E-state index >= 15 is 0 Å². The van der Waals surface area contributed by atoms with Crippen molar-refractivity contribution in [3.63, 3.8) is 0 Å². The molecular weight excluding hydrogens is 360 g/mol. The van der Waals surface area contributed by atoms with Crippen molar-refractivity contribution >= 4 is 34.4 Å². The van der Waals surface area contributed by atoms with E-state index in [1.165, 1.54) is 0 Å². The molecule has 1 aliphatic heterocycles. The molecular formula is C16H18N4OS3. The van der Waals surface area contributed by atoms with E-state index < -0.39 is 0 Å². The Bertz CT molecular complexity index is 790. The number of hydrogen-bond donors (Lipinski definition) is 0. The average Bonchev–Trinajstić information content (AvgIpc) is 3.34.